The minimum Gasteiger partial charge on any atom is -0.393 e. The first kappa shape index (κ1) is 14.2. The Bertz CT molecular complexity index is 611. The van der Waals surface area contributed by atoms with Crippen LogP contribution in [0.5, 0.6) is 0 Å². The molecule has 0 unspecified atom stereocenters. The number of rotatable bonds is 5. The molecule has 2 aromatic carbocycles. The largest absolute Gasteiger partial charge is 0.393 e. The number of anilines is 1. The van der Waals surface area contributed by atoms with Gasteiger partial charge in [-0.25, -0.2) is 0 Å². The lowest BCUT2D eigenvalue weighted by atomic mass is 10.0. The zero-order valence-electron chi connectivity index (χ0n) is 11.0. The third-order valence-electron chi connectivity index (χ3n) is 2.86. The number of para-hydroxylation sites is 1. The van der Waals surface area contributed by atoms with E-state index in [-0.39, 0.29) is 17.3 Å². The van der Waals surface area contributed by atoms with Gasteiger partial charge in [0.1, 0.15) is 0 Å². The minimum atomic E-state index is -0.182. The summed E-state index contributed by atoms with van der Waals surface area (Å²) < 4.78 is 0. The second-order valence-corrected chi connectivity index (χ2v) is 5.04. The summed E-state index contributed by atoms with van der Waals surface area (Å²) in [5, 5.41) is 2.86. The number of hydrogen-bond acceptors (Lipinski definition) is 2. The summed E-state index contributed by atoms with van der Waals surface area (Å²) in [5.74, 6) is -0.182. The molecule has 3 nitrogen and oxygen atoms in total. The van der Waals surface area contributed by atoms with Gasteiger partial charge >= 0.3 is 0 Å². The molecule has 0 aromatic heterocycles. The molecule has 2 rings (SSSR count). The maximum absolute atomic E-state index is 11.7. The number of carbonyl (C=O) groups excluding carboxylic acids is 1. The maximum Gasteiger partial charge on any atom is 0.231 e. The summed E-state index contributed by atoms with van der Waals surface area (Å²) >= 11 is 4.74. The fraction of sp³-hybridized carbons (Fsp3) is 0.125. The zero-order valence-corrected chi connectivity index (χ0v) is 11.8. The van der Waals surface area contributed by atoms with Crippen molar-refractivity contribution in [1.29, 1.82) is 0 Å². The molecule has 0 heterocycles. The van der Waals surface area contributed by atoms with Crippen LogP contribution in [0.4, 0.5) is 5.69 Å². The number of nitrogens with two attached hydrogens (primary N) is 1. The van der Waals surface area contributed by atoms with Crippen molar-refractivity contribution in [3.63, 3.8) is 0 Å². The van der Waals surface area contributed by atoms with Gasteiger partial charge in [-0.3, -0.25) is 4.79 Å². The van der Waals surface area contributed by atoms with Crippen LogP contribution in [0.2, 0.25) is 0 Å². The van der Waals surface area contributed by atoms with Gasteiger partial charge in [0.25, 0.3) is 0 Å². The summed E-state index contributed by atoms with van der Waals surface area (Å²) in [6.45, 7) is 0. The van der Waals surface area contributed by atoms with Crippen molar-refractivity contribution in [3.8, 4) is 0 Å². The summed E-state index contributed by atoms with van der Waals surface area (Å²) in [6, 6.07) is 17.9. The van der Waals surface area contributed by atoms with Gasteiger partial charge in [0.05, 0.1) is 11.4 Å². The van der Waals surface area contributed by atoms with Gasteiger partial charge in [-0.1, -0.05) is 60.7 Å². The van der Waals surface area contributed by atoms with Crippen LogP contribution in [-0.4, -0.2) is 10.9 Å². The molecule has 2 aromatic rings. The fourth-order valence-corrected chi connectivity index (χ4v) is 2.10. The zero-order chi connectivity index (χ0) is 14.4. The van der Waals surface area contributed by atoms with E-state index in [4.69, 9.17) is 18.0 Å². The van der Waals surface area contributed by atoms with Crippen molar-refractivity contribution in [3.05, 3.63) is 65.7 Å². The lowest BCUT2D eigenvalue weighted by Gasteiger charge is -2.11. The van der Waals surface area contributed by atoms with Gasteiger partial charge in [0, 0.05) is 5.69 Å². The highest BCUT2D eigenvalue weighted by Gasteiger charge is 2.08. The Morgan fingerprint density at radius 1 is 1.05 bits per heavy atom. The number of nitrogens with one attached hydrogen (secondary N) is 1. The van der Waals surface area contributed by atoms with Crippen LogP contribution in [0, 0.1) is 0 Å². The summed E-state index contributed by atoms with van der Waals surface area (Å²) in [4.78, 5) is 11.9. The first-order valence-corrected chi connectivity index (χ1v) is 6.76. The molecule has 0 atom stereocenters. The molecule has 102 valence electrons. The highest BCUT2D eigenvalue weighted by atomic mass is 32.1. The molecular formula is C16H16N2OS. The van der Waals surface area contributed by atoms with Crippen molar-refractivity contribution >= 4 is 28.8 Å². The minimum absolute atomic E-state index is 0.0645. The highest BCUT2D eigenvalue weighted by Crippen LogP contribution is 2.19. The van der Waals surface area contributed by atoms with E-state index in [9.17, 15) is 4.79 Å². The molecule has 0 bridgehead atoms. The Labute approximate surface area is 123 Å². The van der Waals surface area contributed by atoms with Crippen molar-refractivity contribution < 1.29 is 4.79 Å². The Hall–Kier alpha value is -2.20. The predicted molar refractivity (Wildman–Crippen MR) is 85.7 cm³/mol. The van der Waals surface area contributed by atoms with Crippen LogP contribution in [0.15, 0.2) is 54.6 Å². The van der Waals surface area contributed by atoms with Gasteiger partial charge in [-0.2, -0.15) is 0 Å². The average Bonchev–Trinajstić information content (AvgIpc) is 2.41. The van der Waals surface area contributed by atoms with E-state index in [0.29, 0.717) is 0 Å². The SMILES string of the molecule is NC(=S)CC(=O)Nc1ccccc1Cc1ccccc1. The topological polar surface area (TPSA) is 55.1 Å². The second-order valence-electron chi connectivity index (χ2n) is 4.51. The molecule has 20 heavy (non-hydrogen) atoms. The highest BCUT2D eigenvalue weighted by molar-refractivity contribution is 7.80. The van der Waals surface area contributed by atoms with E-state index in [2.05, 4.69) is 17.4 Å². The third kappa shape index (κ3) is 4.17. The van der Waals surface area contributed by atoms with E-state index < -0.39 is 0 Å². The van der Waals surface area contributed by atoms with Crippen LogP contribution in [0.25, 0.3) is 0 Å². The van der Waals surface area contributed by atoms with Crippen molar-refractivity contribution in [2.75, 3.05) is 5.32 Å². The number of hydrogen-bond donors (Lipinski definition) is 2. The molecule has 0 aliphatic heterocycles. The van der Waals surface area contributed by atoms with E-state index in [1.165, 1.54) is 5.56 Å². The van der Waals surface area contributed by atoms with Gasteiger partial charge < -0.3 is 11.1 Å². The van der Waals surface area contributed by atoms with Crippen LogP contribution in [-0.2, 0) is 11.2 Å². The Balaban J connectivity index is 2.14. The average molecular weight is 284 g/mol. The van der Waals surface area contributed by atoms with Crippen LogP contribution in [0.3, 0.4) is 0 Å². The molecule has 0 aliphatic rings. The van der Waals surface area contributed by atoms with Gasteiger partial charge in [0.2, 0.25) is 5.91 Å². The Morgan fingerprint density at radius 3 is 2.40 bits per heavy atom. The normalized spacial score (nSPS) is 10.0. The fourth-order valence-electron chi connectivity index (χ4n) is 1.96. The van der Waals surface area contributed by atoms with Crippen molar-refractivity contribution in [1.82, 2.24) is 0 Å². The first-order valence-electron chi connectivity index (χ1n) is 6.35. The second kappa shape index (κ2) is 6.82. The molecule has 1 amide bonds. The molecule has 4 heteroatoms. The molecule has 0 saturated carbocycles. The van der Waals surface area contributed by atoms with Crippen LogP contribution >= 0.6 is 12.2 Å². The van der Waals surface area contributed by atoms with Gasteiger partial charge in [0.15, 0.2) is 0 Å². The Kier molecular flexibility index (Phi) is 4.85. The van der Waals surface area contributed by atoms with Crippen LogP contribution < -0.4 is 11.1 Å². The number of thiocarbonyl (C=S) groups is 1. The predicted octanol–water partition coefficient (Wildman–Crippen LogP) is 2.89. The number of amides is 1. The van der Waals surface area contributed by atoms with E-state index in [1.807, 2.05) is 42.5 Å². The number of carbonyl (C=O) groups is 1. The van der Waals surface area contributed by atoms with E-state index in [1.54, 1.807) is 0 Å². The third-order valence-corrected chi connectivity index (χ3v) is 3.01. The molecule has 3 N–H and O–H groups in total. The summed E-state index contributed by atoms with van der Waals surface area (Å²) in [6.07, 6.45) is 0.833. The molecule has 0 saturated heterocycles. The van der Waals surface area contributed by atoms with E-state index in [0.717, 1.165) is 17.7 Å². The molecule has 0 aliphatic carbocycles. The van der Waals surface area contributed by atoms with Crippen molar-refractivity contribution in [2.45, 2.75) is 12.8 Å². The standard InChI is InChI=1S/C16H16N2OS/c17-15(20)11-16(19)18-14-9-5-4-8-13(14)10-12-6-2-1-3-7-12/h1-9H,10-11H2,(H2,17,20)(H,18,19). The van der Waals surface area contributed by atoms with Gasteiger partial charge in [-0.05, 0) is 23.6 Å². The number of benzene rings is 2. The smallest absolute Gasteiger partial charge is 0.231 e. The van der Waals surface area contributed by atoms with E-state index >= 15 is 0 Å². The Morgan fingerprint density at radius 2 is 1.70 bits per heavy atom. The first-order chi connectivity index (χ1) is 9.65. The molecular weight excluding hydrogens is 268 g/mol. The lowest BCUT2D eigenvalue weighted by Crippen LogP contribution is -2.20. The maximum atomic E-state index is 11.7. The van der Waals surface area contributed by atoms with Crippen LogP contribution in [0.1, 0.15) is 17.5 Å². The molecule has 0 radical (unpaired) electrons. The van der Waals surface area contributed by atoms with Crippen molar-refractivity contribution in [2.24, 2.45) is 5.73 Å². The summed E-state index contributed by atoms with van der Waals surface area (Å²) in [7, 11) is 0. The quantitative estimate of drug-likeness (QED) is 0.830. The van der Waals surface area contributed by atoms with Gasteiger partial charge in [-0.15, -0.1) is 0 Å². The molecule has 0 fully saturated rings. The monoisotopic (exact) mass is 284 g/mol. The molecule has 0 spiro atoms. The summed E-state index contributed by atoms with van der Waals surface area (Å²) in [5.41, 5.74) is 8.45. The lowest BCUT2D eigenvalue weighted by molar-refractivity contribution is -0.115.